The molecule has 0 aliphatic carbocycles. The smallest absolute Gasteiger partial charge is 0.249 e. The number of amides is 1. The number of hydrogen-bond acceptors (Lipinski definition) is 10. The Bertz CT molecular complexity index is 1330. The van der Waals surface area contributed by atoms with Gasteiger partial charge in [-0.2, -0.15) is 0 Å². The largest absolute Gasteiger partial charge is 0.394 e. The van der Waals surface area contributed by atoms with E-state index in [0.29, 0.717) is 12.8 Å². The van der Waals surface area contributed by atoms with Crippen molar-refractivity contribution in [1.82, 2.24) is 5.32 Å². The maximum absolute atomic E-state index is 13.2. The monoisotopic (exact) mass is 1120 g/mol. The normalized spacial score (nSPS) is 19.4. The van der Waals surface area contributed by atoms with Crippen LogP contribution in [0.2, 0.25) is 0 Å². The van der Waals surface area contributed by atoms with E-state index in [1.54, 1.807) is 0 Å². The molecule has 0 spiro atoms. The van der Waals surface area contributed by atoms with Crippen molar-refractivity contribution in [3.63, 3.8) is 0 Å². The number of allylic oxidation sites excluding steroid dienone is 4. The number of nitrogens with one attached hydrogen (secondary N) is 1. The summed E-state index contributed by atoms with van der Waals surface area (Å²) in [6.45, 7) is 3.49. The van der Waals surface area contributed by atoms with Gasteiger partial charge in [0.2, 0.25) is 5.91 Å². The van der Waals surface area contributed by atoms with E-state index in [4.69, 9.17) is 9.47 Å². The Balaban J connectivity index is 2.22. The van der Waals surface area contributed by atoms with Crippen LogP contribution >= 0.6 is 0 Å². The van der Waals surface area contributed by atoms with Crippen molar-refractivity contribution in [2.24, 2.45) is 0 Å². The number of hydrogen-bond donors (Lipinski definition) is 8. The van der Waals surface area contributed by atoms with Gasteiger partial charge in [-0.25, -0.2) is 0 Å². The van der Waals surface area contributed by atoms with Crippen LogP contribution in [0.1, 0.15) is 335 Å². The molecule has 0 aromatic rings. The molecule has 1 amide bonds. The summed E-state index contributed by atoms with van der Waals surface area (Å²) in [4.78, 5) is 13.2. The highest BCUT2D eigenvalue weighted by atomic mass is 16.7. The van der Waals surface area contributed by atoms with Gasteiger partial charge in [0.15, 0.2) is 6.29 Å². The molecule has 1 aliphatic heterocycles. The number of ether oxygens (including phenoxy) is 2. The highest BCUT2D eigenvalue weighted by molar-refractivity contribution is 5.80. The van der Waals surface area contributed by atoms with Crippen LogP contribution in [0, 0.1) is 0 Å². The van der Waals surface area contributed by atoms with Gasteiger partial charge in [0.1, 0.15) is 36.6 Å². The molecule has 1 rings (SSSR count). The molecule has 0 saturated carbocycles. The molecule has 1 fully saturated rings. The summed E-state index contributed by atoms with van der Waals surface area (Å²) in [5.41, 5.74) is 0. The molecular formula is C68H131NO10. The predicted molar refractivity (Wildman–Crippen MR) is 330 cm³/mol. The molecule has 8 N–H and O–H groups in total. The van der Waals surface area contributed by atoms with Gasteiger partial charge < -0.3 is 50.5 Å². The molecule has 9 atom stereocenters. The molecule has 0 aromatic heterocycles. The zero-order valence-electron chi connectivity index (χ0n) is 51.6. The van der Waals surface area contributed by atoms with Crippen molar-refractivity contribution in [2.75, 3.05) is 13.2 Å². The van der Waals surface area contributed by atoms with Crippen molar-refractivity contribution in [1.29, 1.82) is 0 Å². The first-order chi connectivity index (χ1) is 38.7. The lowest BCUT2D eigenvalue weighted by molar-refractivity contribution is -0.303. The second kappa shape index (κ2) is 57.0. The summed E-state index contributed by atoms with van der Waals surface area (Å²) in [5.74, 6) is -0.706. The SMILES string of the molecule is CCCCCCCCCCCCC/C=C\CCCCCCCCC(O)C(=O)NC(COC1OC(CO)C(O)C(O)C1O)C(O)C(O)CCC/C=C/CCCCCCCCCCCCCCCCCCCCCCCCCCCC. The van der Waals surface area contributed by atoms with E-state index in [1.807, 2.05) is 0 Å². The molecule has 1 saturated heterocycles. The number of carbonyl (C=O) groups excluding carboxylic acids is 1. The predicted octanol–water partition coefficient (Wildman–Crippen LogP) is 16.0. The molecule has 0 radical (unpaired) electrons. The number of unbranched alkanes of at least 4 members (excludes halogenated alkanes) is 44. The minimum absolute atomic E-state index is 0.249. The van der Waals surface area contributed by atoms with Gasteiger partial charge in [-0.3, -0.25) is 4.79 Å². The Morgan fingerprint density at radius 2 is 0.747 bits per heavy atom. The summed E-state index contributed by atoms with van der Waals surface area (Å²) in [5, 5.41) is 76.4. The number of aliphatic hydroxyl groups is 7. The van der Waals surface area contributed by atoms with Gasteiger partial charge in [0, 0.05) is 0 Å². The second-order valence-electron chi connectivity index (χ2n) is 24.2. The summed E-state index contributed by atoms with van der Waals surface area (Å²) in [7, 11) is 0. The number of carbonyl (C=O) groups is 1. The average Bonchev–Trinajstić information content (AvgIpc) is 3.46. The van der Waals surface area contributed by atoms with E-state index >= 15 is 0 Å². The third-order valence-electron chi connectivity index (χ3n) is 16.7. The lowest BCUT2D eigenvalue weighted by Crippen LogP contribution is -2.60. The summed E-state index contributed by atoms with van der Waals surface area (Å²) < 4.78 is 11.2. The van der Waals surface area contributed by atoms with Crippen LogP contribution in [0.5, 0.6) is 0 Å². The first-order valence-electron chi connectivity index (χ1n) is 34.2. The van der Waals surface area contributed by atoms with Crippen molar-refractivity contribution < 1.29 is 50.0 Å². The van der Waals surface area contributed by atoms with E-state index in [0.717, 1.165) is 57.8 Å². The maximum Gasteiger partial charge on any atom is 0.249 e. The molecule has 468 valence electrons. The second-order valence-corrected chi connectivity index (χ2v) is 24.2. The first-order valence-corrected chi connectivity index (χ1v) is 34.2. The zero-order chi connectivity index (χ0) is 57.5. The summed E-state index contributed by atoms with van der Waals surface area (Å²) in [6, 6.07) is -1.19. The third kappa shape index (κ3) is 44.7. The Morgan fingerprint density at radius 3 is 1.09 bits per heavy atom. The van der Waals surface area contributed by atoms with E-state index in [2.05, 4.69) is 43.5 Å². The van der Waals surface area contributed by atoms with Crippen LogP contribution in [0.25, 0.3) is 0 Å². The maximum atomic E-state index is 13.2. The molecule has 0 bridgehead atoms. The molecule has 79 heavy (non-hydrogen) atoms. The van der Waals surface area contributed by atoms with Crippen LogP contribution in [0.4, 0.5) is 0 Å². The van der Waals surface area contributed by atoms with Gasteiger partial charge in [0.05, 0.1) is 25.4 Å². The van der Waals surface area contributed by atoms with Crippen LogP contribution in [-0.2, 0) is 14.3 Å². The average molecular weight is 1120 g/mol. The fraction of sp³-hybridized carbons (Fsp3) is 0.926. The van der Waals surface area contributed by atoms with Crippen LogP contribution < -0.4 is 5.32 Å². The first kappa shape index (κ1) is 75.6. The zero-order valence-corrected chi connectivity index (χ0v) is 51.6. The molecular weight excluding hydrogens is 991 g/mol. The lowest BCUT2D eigenvalue weighted by atomic mass is 9.98. The Labute approximate surface area is 486 Å². The van der Waals surface area contributed by atoms with Crippen LogP contribution in [0.3, 0.4) is 0 Å². The summed E-state index contributed by atoms with van der Waals surface area (Å²) >= 11 is 0. The summed E-state index contributed by atoms with van der Waals surface area (Å²) in [6.07, 6.45) is 59.8. The molecule has 0 aromatic carbocycles. The van der Waals surface area contributed by atoms with Gasteiger partial charge in [-0.05, 0) is 64.2 Å². The third-order valence-corrected chi connectivity index (χ3v) is 16.7. The minimum atomic E-state index is -1.67. The number of rotatable bonds is 60. The fourth-order valence-corrected chi connectivity index (χ4v) is 11.2. The molecule has 1 aliphatic rings. The van der Waals surface area contributed by atoms with Gasteiger partial charge in [-0.1, -0.05) is 295 Å². The molecule has 11 heteroatoms. The van der Waals surface area contributed by atoms with Crippen LogP contribution in [-0.4, -0.2) is 110 Å². The topological polar surface area (TPSA) is 189 Å². The Kier molecular flexibility index (Phi) is 54.6. The molecule has 9 unspecified atom stereocenters. The fourth-order valence-electron chi connectivity index (χ4n) is 11.2. The van der Waals surface area contributed by atoms with Gasteiger partial charge >= 0.3 is 0 Å². The molecule has 1 heterocycles. The Morgan fingerprint density at radius 1 is 0.430 bits per heavy atom. The Hall–Kier alpha value is -1.41. The quantitative estimate of drug-likeness (QED) is 0.0215. The van der Waals surface area contributed by atoms with Gasteiger partial charge in [0.25, 0.3) is 0 Å². The van der Waals surface area contributed by atoms with E-state index in [-0.39, 0.29) is 12.8 Å². The van der Waals surface area contributed by atoms with E-state index in [9.17, 15) is 40.5 Å². The lowest BCUT2D eigenvalue weighted by Gasteiger charge is -2.40. The highest BCUT2D eigenvalue weighted by Crippen LogP contribution is 2.24. The van der Waals surface area contributed by atoms with Crippen molar-refractivity contribution in [3.8, 4) is 0 Å². The number of aliphatic hydroxyl groups excluding tert-OH is 7. The van der Waals surface area contributed by atoms with Gasteiger partial charge in [-0.15, -0.1) is 0 Å². The van der Waals surface area contributed by atoms with Crippen molar-refractivity contribution in [3.05, 3.63) is 24.3 Å². The van der Waals surface area contributed by atoms with E-state index < -0.39 is 74.2 Å². The highest BCUT2D eigenvalue weighted by Gasteiger charge is 2.44. The minimum Gasteiger partial charge on any atom is -0.394 e. The van der Waals surface area contributed by atoms with Crippen LogP contribution in [0.15, 0.2) is 24.3 Å². The molecule has 11 nitrogen and oxygen atoms in total. The van der Waals surface area contributed by atoms with Crippen molar-refractivity contribution >= 4 is 5.91 Å². The van der Waals surface area contributed by atoms with Crippen molar-refractivity contribution in [2.45, 2.75) is 390 Å². The standard InChI is InChI=1S/C68H131NO10/c1-3-5-7-9-11-13-15-17-19-21-23-25-26-27-28-29-30-31-32-33-34-36-37-39-41-43-45-47-49-51-53-55-60(71)63(73)59(58-78-68-66(76)65(75)64(74)62(57-70)79-68)69-67(77)61(72)56-54-52-50-48-46-44-42-40-38-35-24-22-20-18-16-14-12-10-8-6-4-2/h38,40,47,49,59-66,68,70-76H,3-37,39,41-46,48,50-58H2,1-2H3,(H,69,77)/b40-38-,49-47+. The van der Waals surface area contributed by atoms with E-state index in [1.165, 1.54) is 238 Å².